The second-order valence-electron chi connectivity index (χ2n) is 10.4. The minimum Gasteiger partial charge on any atom is -0.471 e. The van der Waals surface area contributed by atoms with Crippen LogP contribution in [0, 0.1) is 17.2 Å². The van der Waals surface area contributed by atoms with Crippen LogP contribution in [0.4, 0.5) is 0 Å². The van der Waals surface area contributed by atoms with Gasteiger partial charge in [-0.3, -0.25) is 9.89 Å². The van der Waals surface area contributed by atoms with Gasteiger partial charge in [0.25, 0.3) is 0 Å². The summed E-state index contributed by atoms with van der Waals surface area (Å²) in [5, 5.41) is 27.9. The molecule has 0 spiro atoms. The molecule has 0 saturated heterocycles. The zero-order valence-electron chi connectivity index (χ0n) is 19.2. The molecule has 7 heteroatoms. The molecule has 0 fully saturated rings. The van der Waals surface area contributed by atoms with E-state index in [4.69, 9.17) is 9.47 Å². The quantitative estimate of drug-likeness (QED) is 0.723. The molecule has 1 aromatic carbocycles. The van der Waals surface area contributed by atoms with E-state index in [0.29, 0.717) is 11.4 Å². The van der Waals surface area contributed by atoms with Crippen LogP contribution in [0.25, 0.3) is 0 Å². The molecule has 31 heavy (non-hydrogen) atoms. The third-order valence-corrected chi connectivity index (χ3v) is 5.16. The van der Waals surface area contributed by atoms with E-state index in [0.717, 1.165) is 16.8 Å². The van der Waals surface area contributed by atoms with Crippen LogP contribution in [0.5, 0.6) is 5.88 Å². The molecule has 0 amide bonds. The Morgan fingerprint density at radius 2 is 1.81 bits per heavy atom. The number of nitriles is 1. The third-order valence-electron chi connectivity index (χ3n) is 5.16. The molecule has 0 aliphatic heterocycles. The molecular formula is C24H31N3O4. The molecule has 3 rings (SSSR count). The molecule has 3 atom stereocenters. The predicted octanol–water partition coefficient (Wildman–Crippen LogP) is 3.86. The number of hydrogen-bond acceptors (Lipinski definition) is 6. The van der Waals surface area contributed by atoms with Crippen molar-refractivity contribution in [1.82, 2.24) is 10.2 Å². The van der Waals surface area contributed by atoms with Gasteiger partial charge in [0, 0.05) is 23.6 Å². The average Bonchev–Trinajstić information content (AvgIpc) is 2.98. The van der Waals surface area contributed by atoms with Crippen LogP contribution < -0.4 is 4.74 Å². The number of nitrogens with zero attached hydrogens (tertiary/aromatic N) is 2. The Labute approximate surface area is 183 Å². The van der Waals surface area contributed by atoms with Gasteiger partial charge in [0.2, 0.25) is 5.88 Å². The topological polar surface area (TPSA) is 108 Å². The van der Waals surface area contributed by atoms with Crippen LogP contribution in [0.1, 0.15) is 76.8 Å². The minimum absolute atomic E-state index is 0.208. The zero-order valence-corrected chi connectivity index (χ0v) is 19.2. The van der Waals surface area contributed by atoms with Crippen molar-refractivity contribution in [3.05, 3.63) is 46.6 Å². The monoisotopic (exact) mass is 425 g/mol. The number of rotatable bonds is 3. The number of H-pyrrole nitrogens is 1. The van der Waals surface area contributed by atoms with E-state index in [1.807, 2.05) is 20.8 Å². The van der Waals surface area contributed by atoms with Crippen LogP contribution in [0.2, 0.25) is 0 Å². The number of benzene rings is 1. The number of carbonyl (C=O) groups excluding carboxylic acids is 1. The van der Waals surface area contributed by atoms with Gasteiger partial charge < -0.3 is 14.6 Å². The molecule has 1 aromatic heterocycles. The summed E-state index contributed by atoms with van der Waals surface area (Å²) in [6.07, 6.45) is 0.208. The number of hydrogen-bond donors (Lipinski definition) is 2. The zero-order chi connectivity index (χ0) is 23.2. The van der Waals surface area contributed by atoms with Gasteiger partial charge in [0.1, 0.15) is 11.2 Å². The molecule has 2 N–H and O–H groups in total. The molecule has 0 bridgehead atoms. The molecule has 166 valence electrons. The number of nitrogens with one attached hydrogen (secondary N) is 1. The number of ether oxygens (including phenoxy) is 2. The predicted molar refractivity (Wildman–Crippen MR) is 116 cm³/mol. The maximum atomic E-state index is 13.4. The summed E-state index contributed by atoms with van der Waals surface area (Å²) in [5.41, 5.74) is 0.165. The molecular weight excluding hydrogens is 394 g/mol. The van der Waals surface area contributed by atoms with Gasteiger partial charge in [-0.15, -0.1) is 5.10 Å². The Balaban J connectivity index is 2.20. The van der Waals surface area contributed by atoms with Crippen LogP contribution in [-0.4, -0.2) is 38.1 Å². The van der Waals surface area contributed by atoms with Crippen LogP contribution in [0.15, 0.2) is 24.3 Å². The maximum Gasteiger partial charge on any atom is 0.313 e. The first-order chi connectivity index (χ1) is 14.2. The van der Waals surface area contributed by atoms with Crippen molar-refractivity contribution in [3.63, 3.8) is 0 Å². The first-order valence-corrected chi connectivity index (χ1v) is 10.4. The first kappa shape index (κ1) is 22.8. The van der Waals surface area contributed by atoms with Gasteiger partial charge in [-0.05, 0) is 66.2 Å². The number of fused-ring (bicyclic) bond motifs is 1. The lowest BCUT2D eigenvalue weighted by Crippen LogP contribution is -2.50. The Kier molecular flexibility index (Phi) is 5.66. The van der Waals surface area contributed by atoms with Crippen molar-refractivity contribution in [2.45, 2.75) is 77.6 Å². The summed E-state index contributed by atoms with van der Waals surface area (Å²) >= 11 is 0. The molecule has 7 nitrogen and oxygen atoms in total. The summed E-state index contributed by atoms with van der Waals surface area (Å²) in [6, 6.07) is 9.13. The van der Waals surface area contributed by atoms with E-state index in [1.54, 1.807) is 52.0 Å². The molecule has 0 unspecified atom stereocenters. The number of carbonyl (C=O) groups is 1. The maximum absolute atomic E-state index is 13.4. The van der Waals surface area contributed by atoms with E-state index < -0.39 is 34.6 Å². The number of aromatic nitrogens is 2. The summed E-state index contributed by atoms with van der Waals surface area (Å²) < 4.78 is 11.8. The fourth-order valence-electron chi connectivity index (χ4n) is 4.06. The normalized spacial score (nSPS) is 23.6. The van der Waals surface area contributed by atoms with Crippen LogP contribution in [-0.2, 0) is 16.0 Å². The molecule has 0 saturated carbocycles. The standard InChI is InChI=1S/C24H31N3O4/c1-22(2,3)30-20-18-16(26-27-20)12-24(7,29)19(21(28)31-23(4,5)6)17(18)15-10-8-14(13-25)9-11-15/h8-11,17,19,29H,12H2,1-7H3,(H,26,27)/t17-,19+,24+/m1/s1. The van der Waals surface area contributed by atoms with Gasteiger partial charge in [0.05, 0.1) is 23.2 Å². The Morgan fingerprint density at radius 1 is 1.19 bits per heavy atom. The second kappa shape index (κ2) is 7.69. The highest BCUT2D eigenvalue weighted by molar-refractivity contribution is 5.78. The highest BCUT2D eigenvalue weighted by Crippen LogP contribution is 2.49. The lowest BCUT2D eigenvalue weighted by molar-refractivity contribution is -0.171. The SMILES string of the molecule is CC(C)(C)OC(=O)[C@@H]1[C@H](c2ccc(C#N)cc2)c2c(OC(C)(C)C)n[nH]c2C[C@]1(C)O. The van der Waals surface area contributed by atoms with Crippen molar-refractivity contribution >= 4 is 5.97 Å². The Morgan fingerprint density at radius 3 is 2.32 bits per heavy atom. The smallest absolute Gasteiger partial charge is 0.313 e. The van der Waals surface area contributed by atoms with E-state index >= 15 is 0 Å². The number of esters is 1. The molecule has 1 heterocycles. The lowest BCUT2D eigenvalue weighted by Gasteiger charge is -2.42. The van der Waals surface area contributed by atoms with Gasteiger partial charge in [-0.1, -0.05) is 12.1 Å². The third kappa shape index (κ3) is 4.91. The van der Waals surface area contributed by atoms with Gasteiger partial charge in [-0.25, -0.2) is 0 Å². The van der Waals surface area contributed by atoms with E-state index in [9.17, 15) is 15.2 Å². The van der Waals surface area contributed by atoms with Crippen molar-refractivity contribution in [2.24, 2.45) is 5.92 Å². The van der Waals surface area contributed by atoms with Gasteiger partial charge in [0.15, 0.2) is 0 Å². The summed E-state index contributed by atoms with van der Waals surface area (Å²) in [4.78, 5) is 13.4. The highest BCUT2D eigenvalue weighted by atomic mass is 16.6. The summed E-state index contributed by atoms with van der Waals surface area (Å²) in [6.45, 7) is 12.8. The molecule has 2 aromatic rings. The molecule has 1 aliphatic carbocycles. The van der Waals surface area contributed by atoms with E-state index in [-0.39, 0.29) is 6.42 Å². The summed E-state index contributed by atoms with van der Waals surface area (Å²) in [5.74, 6) is -1.52. The minimum atomic E-state index is -1.38. The molecule has 1 aliphatic rings. The van der Waals surface area contributed by atoms with Crippen LogP contribution in [0.3, 0.4) is 0 Å². The Bertz CT molecular complexity index is 1000. The van der Waals surface area contributed by atoms with Crippen molar-refractivity contribution in [2.75, 3.05) is 0 Å². The van der Waals surface area contributed by atoms with E-state index in [2.05, 4.69) is 16.3 Å². The Hall–Kier alpha value is -2.85. The lowest BCUT2D eigenvalue weighted by atomic mass is 9.66. The number of aliphatic hydroxyl groups is 1. The first-order valence-electron chi connectivity index (χ1n) is 10.4. The van der Waals surface area contributed by atoms with Gasteiger partial charge >= 0.3 is 5.97 Å². The highest BCUT2D eigenvalue weighted by Gasteiger charge is 2.52. The molecule has 0 radical (unpaired) electrons. The van der Waals surface area contributed by atoms with Crippen molar-refractivity contribution in [1.29, 1.82) is 5.26 Å². The largest absolute Gasteiger partial charge is 0.471 e. The fraction of sp³-hybridized carbons (Fsp3) is 0.542. The van der Waals surface area contributed by atoms with Crippen molar-refractivity contribution < 1.29 is 19.4 Å². The fourth-order valence-corrected chi connectivity index (χ4v) is 4.06. The average molecular weight is 426 g/mol. The summed E-state index contributed by atoms with van der Waals surface area (Å²) in [7, 11) is 0. The number of aromatic amines is 1. The van der Waals surface area contributed by atoms with Gasteiger partial charge in [-0.2, -0.15) is 5.26 Å². The van der Waals surface area contributed by atoms with Crippen molar-refractivity contribution in [3.8, 4) is 11.9 Å². The van der Waals surface area contributed by atoms with Crippen LogP contribution >= 0.6 is 0 Å². The van der Waals surface area contributed by atoms with E-state index in [1.165, 1.54) is 0 Å². The second-order valence-corrected chi connectivity index (χ2v) is 10.4.